The quantitative estimate of drug-likeness (QED) is 0.782. The predicted molar refractivity (Wildman–Crippen MR) is 101 cm³/mol. The van der Waals surface area contributed by atoms with Crippen LogP contribution in [0, 0.1) is 0 Å². The normalized spacial score (nSPS) is 17.3. The van der Waals surface area contributed by atoms with E-state index in [2.05, 4.69) is 9.88 Å². The highest BCUT2D eigenvalue weighted by Gasteiger charge is 2.27. The Morgan fingerprint density at radius 3 is 2.67 bits per heavy atom. The van der Waals surface area contributed by atoms with Crippen molar-refractivity contribution < 1.29 is 14.3 Å². The van der Waals surface area contributed by atoms with Crippen molar-refractivity contribution in [2.45, 2.75) is 25.8 Å². The summed E-state index contributed by atoms with van der Waals surface area (Å²) in [7, 11) is 1.42. The molecule has 0 amide bonds. The second-order valence-electron chi connectivity index (χ2n) is 6.99. The lowest BCUT2D eigenvalue weighted by molar-refractivity contribution is -0.141. The number of imidazole rings is 1. The number of ketones is 1. The summed E-state index contributed by atoms with van der Waals surface area (Å²) in [4.78, 5) is 30.9. The van der Waals surface area contributed by atoms with Gasteiger partial charge in [-0.1, -0.05) is 29.8 Å². The van der Waals surface area contributed by atoms with E-state index in [0.29, 0.717) is 13.0 Å². The summed E-state index contributed by atoms with van der Waals surface area (Å²) in [6.45, 7) is 2.84. The first-order valence-electron chi connectivity index (χ1n) is 9.32. The van der Waals surface area contributed by atoms with Crippen LogP contribution in [0.15, 0.2) is 42.2 Å². The summed E-state index contributed by atoms with van der Waals surface area (Å²) in [6.07, 6.45) is 5.88. The summed E-state index contributed by atoms with van der Waals surface area (Å²) in [5.74, 6) is 0.833. The van der Waals surface area contributed by atoms with Crippen molar-refractivity contribution in [2.75, 3.05) is 26.7 Å². The molecule has 2 aliphatic rings. The maximum absolute atomic E-state index is 12.7. The molecule has 6 nitrogen and oxygen atoms in total. The molecule has 0 radical (unpaired) electrons. The fourth-order valence-electron chi connectivity index (χ4n) is 3.97. The van der Waals surface area contributed by atoms with E-state index >= 15 is 0 Å². The van der Waals surface area contributed by atoms with Gasteiger partial charge in [0.1, 0.15) is 5.82 Å². The minimum atomic E-state index is -0.169. The van der Waals surface area contributed by atoms with E-state index in [-0.39, 0.29) is 11.8 Å². The first-order valence-corrected chi connectivity index (χ1v) is 9.32. The van der Waals surface area contributed by atoms with E-state index in [0.717, 1.165) is 55.0 Å². The van der Waals surface area contributed by atoms with Gasteiger partial charge in [0, 0.05) is 43.2 Å². The number of nitrogens with zero attached hydrogens (tertiary/aromatic N) is 3. The lowest BCUT2D eigenvalue weighted by Gasteiger charge is -2.29. The molecule has 1 fully saturated rings. The molecule has 1 aromatic carbocycles. The van der Waals surface area contributed by atoms with E-state index in [1.165, 1.54) is 12.7 Å². The summed E-state index contributed by atoms with van der Waals surface area (Å²) in [5.41, 5.74) is 4.21. The zero-order valence-electron chi connectivity index (χ0n) is 15.5. The van der Waals surface area contributed by atoms with Gasteiger partial charge in [-0.3, -0.25) is 9.59 Å². The molecular formula is C21H23N3O3. The molecule has 3 heterocycles. The summed E-state index contributed by atoms with van der Waals surface area (Å²) in [5, 5.41) is 0. The van der Waals surface area contributed by atoms with E-state index < -0.39 is 0 Å². The van der Waals surface area contributed by atoms with Crippen LogP contribution in [-0.2, 0) is 16.1 Å². The highest BCUT2D eigenvalue weighted by Crippen LogP contribution is 2.35. The number of piperidine rings is 1. The molecule has 0 unspecified atom stereocenters. The minimum absolute atomic E-state index is 0.121. The van der Waals surface area contributed by atoms with Gasteiger partial charge in [0.25, 0.3) is 0 Å². The van der Waals surface area contributed by atoms with Crippen molar-refractivity contribution in [1.29, 1.82) is 0 Å². The van der Waals surface area contributed by atoms with Gasteiger partial charge in [0.15, 0.2) is 5.78 Å². The number of Topliss-reactive ketones (excluding diaryl/α,β-unsaturated/α-hetero) is 1. The number of rotatable bonds is 3. The Labute approximate surface area is 158 Å². The molecular weight excluding hydrogens is 342 g/mol. The predicted octanol–water partition coefficient (Wildman–Crippen LogP) is 2.54. The third-order valence-electron chi connectivity index (χ3n) is 5.42. The first-order chi connectivity index (χ1) is 13.2. The van der Waals surface area contributed by atoms with Crippen LogP contribution in [0.2, 0.25) is 0 Å². The number of fused-ring (bicyclic) bond motifs is 2. The average molecular weight is 365 g/mol. The van der Waals surface area contributed by atoms with Crippen LogP contribution in [0.1, 0.15) is 41.0 Å². The van der Waals surface area contributed by atoms with Crippen LogP contribution in [0.4, 0.5) is 0 Å². The molecule has 2 aromatic rings. The molecule has 1 saturated heterocycles. The Morgan fingerprint density at radius 2 is 1.93 bits per heavy atom. The van der Waals surface area contributed by atoms with Crippen molar-refractivity contribution in [3.63, 3.8) is 0 Å². The largest absolute Gasteiger partial charge is 0.469 e. The summed E-state index contributed by atoms with van der Waals surface area (Å²) in [6, 6.07) is 7.85. The molecule has 0 N–H and O–H groups in total. The number of carbonyl (C=O) groups is 2. The molecule has 2 aliphatic heterocycles. The van der Waals surface area contributed by atoms with Gasteiger partial charge in [-0.05, 0) is 18.4 Å². The standard InChI is InChI=1S/C21H23N3O3/c1-27-19(26)8-12-23-10-6-15(7-11-23)20-17-5-3-2-4-16(17)18(25)14-24-13-9-22-21(20)24/h2-5,9,13H,6-8,10-12,14H2,1H3. The van der Waals surface area contributed by atoms with Crippen molar-refractivity contribution in [3.05, 3.63) is 59.2 Å². The number of esters is 1. The van der Waals surface area contributed by atoms with Crippen molar-refractivity contribution in [3.8, 4) is 0 Å². The zero-order chi connectivity index (χ0) is 18.8. The van der Waals surface area contributed by atoms with Gasteiger partial charge in [-0.15, -0.1) is 0 Å². The molecule has 0 spiro atoms. The molecule has 6 heteroatoms. The van der Waals surface area contributed by atoms with Crippen LogP contribution in [-0.4, -0.2) is 52.9 Å². The molecule has 0 aliphatic carbocycles. The monoisotopic (exact) mass is 365 g/mol. The zero-order valence-corrected chi connectivity index (χ0v) is 15.5. The van der Waals surface area contributed by atoms with Crippen LogP contribution in [0.5, 0.6) is 0 Å². The summed E-state index contributed by atoms with van der Waals surface area (Å²) >= 11 is 0. The number of ether oxygens (including phenoxy) is 1. The van der Waals surface area contributed by atoms with Crippen LogP contribution in [0.3, 0.4) is 0 Å². The van der Waals surface area contributed by atoms with Crippen LogP contribution in [0.25, 0.3) is 5.57 Å². The fourth-order valence-corrected chi connectivity index (χ4v) is 3.97. The number of aromatic nitrogens is 2. The second-order valence-corrected chi connectivity index (χ2v) is 6.99. The first kappa shape index (κ1) is 17.7. The molecule has 4 rings (SSSR count). The molecule has 140 valence electrons. The highest BCUT2D eigenvalue weighted by molar-refractivity contribution is 6.03. The third-order valence-corrected chi connectivity index (χ3v) is 5.42. The highest BCUT2D eigenvalue weighted by atomic mass is 16.5. The average Bonchev–Trinajstić information content (AvgIpc) is 3.11. The van der Waals surface area contributed by atoms with Gasteiger partial charge >= 0.3 is 5.97 Å². The fraction of sp³-hybridized carbons (Fsp3) is 0.381. The maximum atomic E-state index is 12.7. The number of benzene rings is 1. The molecule has 0 atom stereocenters. The number of likely N-dealkylation sites (tertiary alicyclic amines) is 1. The van der Waals surface area contributed by atoms with E-state index in [4.69, 9.17) is 4.74 Å². The molecule has 27 heavy (non-hydrogen) atoms. The second kappa shape index (κ2) is 7.48. The van der Waals surface area contributed by atoms with Crippen molar-refractivity contribution in [1.82, 2.24) is 14.5 Å². The van der Waals surface area contributed by atoms with E-state index in [1.54, 1.807) is 6.20 Å². The smallest absolute Gasteiger partial charge is 0.306 e. The van der Waals surface area contributed by atoms with Crippen LogP contribution < -0.4 is 0 Å². The van der Waals surface area contributed by atoms with Gasteiger partial charge in [-0.25, -0.2) is 4.98 Å². The molecule has 0 saturated carbocycles. The van der Waals surface area contributed by atoms with Crippen molar-refractivity contribution >= 4 is 17.3 Å². The SMILES string of the molecule is COC(=O)CCN1CCC(=C2c3ccccc3C(=O)Cn3ccnc32)CC1. The van der Waals surface area contributed by atoms with E-state index in [1.807, 2.05) is 35.0 Å². The Hall–Kier alpha value is -2.73. The number of hydrogen-bond donors (Lipinski definition) is 0. The topological polar surface area (TPSA) is 64.4 Å². The molecule has 0 bridgehead atoms. The van der Waals surface area contributed by atoms with Gasteiger partial charge in [0.05, 0.1) is 20.1 Å². The Kier molecular flexibility index (Phi) is 4.90. The van der Waals surface area contributed by atoms with Gasteiger partial charge < -0.3 is 14.2 Å². The number of carbonyl (C=O) groups excluding carboxylic acids is 2. The van der Waals surface area contributed by atoms with Gasteiger partial charge in [-0.2, -0.15) is 0 Å². The molecule has 1 aromatic heterocycles. The van der Waals surface area contributed by atoms with E-state index in [9.17, 15) is 9.59 Å². The Morgan fingerprint density at radius 1 is 1.19 bits per heavy atom. The Bertz CT molecular complexity index is 903. The number of methoxy groups -OCH3 is 1. The van der Waals surface area contributed by atoms with Crippen molar-refractivity contribution in [2.24, 2.45) is 0 Å². The maximum Gasteiger partial charge on any atom is 0.306 e. The minimum Gasteiger partial charge on any atom is -0.469 e. The Balaban J connectivity index is 1.65. The number of hydrogen-bond acceptors (Lipinski definition) is 5. The van der Waals surface area contributed by atoms with Gasteiger partial charge in [0.2, 0.25) is 0 Å². The lowest BCUT2D eigenvalue weighted by Crippen LogP contribution is -2.33. The lowest BCUT2D eigenvalue weighted by atomic mass is 9.89. The van der Waals surface area contributed by atoms with Crippen LogP contribution >= 0.6 is 0 Å². The third kappa shape index (κ3) is 3.45. The summed E-state index contributed by atoms with van der Waals surface area (Å²) < 4.78 is 6.69.